The van der Waals surface area contributed by atoms with E-state index in [1.807, 2.05) is 0 Å². The third-order valence-electron chi connectivity index (χ3n) is 4.83. The van der Waals surface area contributed by atoms with Crippen molar-refractivity contribution in [3.8, 4) is 0 Å². The van der Waals surface area contributed by atoms with E-state index in [4.69, 9.17) is 0 Å². The minimum absolute atomic E-state index is 0.0826. The van der Waals surface area contributed by atoms with Crippen molar-refractivity contribution >= 4 is 51.1 Å². The molecule has 2 heterocycles. The Morgan fingerprint density at radius 2 is 1.31 bits per heavy atom. The second-order valence-electron chi connectivity index (χ2n) is 8.61. The fraction of sp³-hybridized carbons (Fsp3) is 0.591. The van der Waals surface area contributed by atoms with Gasteiger partial charge in [0.2, 0.25) is 5.91 Å². The smallest absolute Gasteiger partial charge is 0.253 e. The average Bonchev–Trinajstić information content (AvgIpc) is 3.21. The first-order valence-corrected chi connectivity index (χ1v) is 13.1. The monoisotopic (exact) mass is 481 g/mol. The van der Waals surface area contributed by atoms with E-state index in [0.717, 1.165) is 5.75 Å². The van der Waals surface area contributed by atoms with Crippen LogP contribution in [0.2, 0.25) is 0 Å². The predicted octanol–water partition coefficient (Wildman–Crippen LogP) is 2.31. The highest BCUT2D eigenvalue weighted by Crippen LogP contribution is 2.34. The van der Waals surface area contributed by atoms with Crippen molar-refractivity contribution in [1.29, 1.82) is 0 Å². The van der Waals surface area contributed by atoms with Crippen LogP contribution in [0.4, 0.5) is 0 Å². The summed E-state index contributed by atoms with van der Waals surface area (Å²) in [5.41, 5.74) is 0. The lowest BCUT2D eigenvalue weighted by molar-refractivity contribution is -0.138. The third kappa shape index (κ3) is 8.46. The number of carbonyl (C=O) groups is 5. The summed E-state index contributed by atoms with van der Waals surface area (Å²) in [4.78, 5) is 61.9. The molecule has 1 N–H and O–H groups in total. The fourth-order valence-electron chi connectivity index (χ4n) is 3.28. The Bertz CT molecular complexity index is 720. The topological polar surface area (TPSA) is 104 Å². The van der Waals surface area contributed by atoms with E-state index < -0.39 is 0 Å². The Hall–Kier alpha value is -2.07. The highest BCUT2D eigenvalue weighted by molar-refractivity contribution is 8.77. The van der Waals surface area contributed by atoms with Gasteiger partial charge in [0.05, 0.1) is 0 Å². The van der Waals surface area contributed by atoms with E-state index in [1.165, 1.54) is 34.1 Å². The molecule has 0 unspecified atom stereocenters. The molecule has 32 heavy (non-hydrogen) atoms. The molecule has 0 spiro atoms. The van der Waals surface area contributed by atoms with E-state index in [1.54, 1.807) is 21.6 Å². The average molecular weight is 482 g/mol. The molecule has 0 radical (unpaired) electrons. The van der Waals surface area contributed by atoms with Gasteiger partial charge in [-0.15, -0.1) is 0 Å². The number of imide groups is 2. The number of carbonyl (C=O) groups excluding carboxylic acids is 5. The summed E-state index contributed by atoms with van der Waals surface area (Å²) in [5.74, 6) is -0.944. The molecule has 2 rings (SSSR count). The van der Waals surface area contributed by atoms with Crippen molar-refractivity contribution in [3.05, 3.63) is 24.3 Å². The van der Waals surface area contributed by atoms with E-state index in [0.29, 0.717) is 32.2 Å². The molecule has 0 fully saturated rings. The lowest BCUT2D eigenvalue weighted by Gasteiger charge is -2.20. The predicted molar refractivity (Wildman–Crippen MR) is 126 cm³/mol. The van der Waals surface area contributed by atoms with Crippen LogP contribution in [0, 0.1) is 5.92 Å². The first-order valence-electron chi connectivity index (χ1n) is 10.7. The molecule has 5 amide bonds. The van der Waals surface area contributed by atoms with Crippen LogP contribution >= 0.6 is 21.6 Å². The van der Waals surface area contributed by atoms with Crippen LogP contribution in [0.25, 0.3) is 0 Å². The quantitative estimate of drug-likeness (QED) is 0.245. The first kappa shape index (κ1) is 26.2. The van der Waals surface area contributed by atoms with Crippen LogP contribution < -0.4 is 5.32 Å². The number of nitrogens with zero attached hydrogens (tertiary/aromatic N) is 2. The summed E-state index contributed by atoms with van der Waals surface area (Å²) in [6.07, 6.45) is 7.02. The van der Waals surface area contributed by atoms with Crippen LogP contribution in [0.3, 0.4) is 0 Å². The van der Waals surface area contributed by atoms with Gasteiger partial charge in [0.25, 0.3) is 23.6 Å². The summed E-state index contributed by atoms with van der Waals surface area (Å²) in [6, 6.07) is 0. The van der Waals surface area contributed by atoms with Gasteiger partial charge in [0.1, 0.15) is 0 Å². The molecule has 0 aromatic carbocycles. The lowest BCUT2D eigenvalue weighted by atomic mass is 9.96. The maximum Gasteiger partial charge on any atom is 0.253 e. The maximum absolute atomic E-state index is 12.8. The van der Waals surface area contributed by atoms with Gasteiger partial charge in [0.15, 0.2) is 0 Å². The molecule has 8 nitrogen and oxygen atoms in total. The molecule has 0 aromatic rings. The zero-order valence-electron chi connectivity index (χ0n) is 18.8. The highest BCUT2D eigenvalue weighted by atomic mass is 33.1. The zero-order valence-corrected chi connectivity index (χ0v) is 20.4. The van der Waals surface area contributed by atoms with E-state index >= 15 is 0 Å². The van der Waals surface area contributed by atoms with Crippen molar-refractivity contribution in [1.82, 2.24) is 15.1 Å². The molecule has 0 saturated carbocycles. The minimum atomic E-state index is -0.331. The minimum Gasteiger partial charge on any atom is -0.355 e. The Morgan fingerprint density at radius 3 is 1.72 bits per heavy atom. The molecule has 176 valence electrons. The molecule has 0 saturated heterocycles. The normalized spacial score (nSPS) is 16.2. The van der Waals surface area contributed by atoms with Crippen molar-refractivity contribution in [3.63, 3.8) is 0 Å². The number of rotatable bonds is 13. The Balaban J connectivity index is 1.81. The SMILES string of the molecule is CC(C)(C)SSCCNC(=O)C(CCCN1C(=O)C=CC1=O)CCCN1C(=O)C=CC1=O. The lowest BCUT2D eigenvalue weighted by Crippen LogP contribution is -2.35. The first-order chi connectivity index (χ1) is 15.1. The van der Waals surface area contributed by atoms with Gasteiger partial charge in [-0.1, -0.05) is 42.4 Å². The van der Waals surface area contributed by atoms with E-state index in [-0.39, 0.29) is 53.3 Å². The summed E-state index contributed by atoms with van der Waals surface area (Å²) in [7, 11) is 3.47. The number of nitrogens with one attached hydrogen (secondary N) is 1. The van der Waals surface area contributed by atoms with E-state index in [2.05, 4.69) is 26.1 Å². The van der Waals surface area contributed by atoms with Crippen LogP contribution in [-0.4, -0.2) is 69.5 Å². The van der Waals surface area contributed by atoms with Gasteiger partial charge < -0.3 is 5.32 Å². The van der Waals surface area contributed by atoms with Gasteiger partial charge >= 0.3 is 0 Å². The fourth-order valence-corrected chi connectivity index (χ4v) is 5.46. The number of hydrogen-bond acceptors (Lipinski definition) is 7. The van der Waals surface area contributed by atoms with Crippen LogP contribution in [0.15, 0.2) is 24.3 Å². The molecule has 0 aliphatic carbocycles. The van der Waals surface area contributed by atoms with E-state index in [9.17, 15) is 24.0 Å². The van der Waals surface area contributed by atoms with Crippen LogP contribution in [-0.2, 0) is 24.0 Å². The Morgan fingerprint density at radius 1 is 0.875 bits per heavy atom. The Kier molecular flexibility index (Phi) is 10.0. The molecule has 0 bridgehead atoms. The molecule has 2 aliphatic rings. The van der Waals surface area contributed by atoms with Crippen molar-refractivity contribution in [2.24, 2.45) is 5.92 Å². The van der Waals surface area contributed by atoms with Crippen LogP contribution in [0.1, 0.15) is 46.5 Å². The van der Waals surface area contributed by atoms with Gasteiger partial charge in [-0.25, -0.2) is 0 Å². The maximum atomic E-state index is 12.8. The largest absolute Gasteiger partial charge is 0.355 e. The number of hydrogen-bond donors (Lipinski definition) is 1. The van der Waals surface area contributed by atoms with Gasteiger partial charge in [-0.3, -0.25) is 33.8 Å². The number of amides is 5. The van der Waals surface area contributed by atoms with Crippen LogP contribution in [0.5, 0.6) is 0 Å². The summed E-state index contributed by atoms with van der Waals surface area (Å²) >= 11 is 0. The highest BCUT2D eigenvalue weighted by Gasteiger charge is 2.26. The second-order valence-corrected chi connectivity index (χ2v) is 11.9. The molecule has 10 heteroatoms. The third-order valence-corrected chi connectivity index (χ3v) is 8.18. The molecule has 0 aromatic heterocycles. The Labute approximate surface area is 197 Å². The summed E-state index contributed by atoms with van der Waals surface area (Å²) < 4.78 is 0.149. The standard InChI is InChI=1S/C22H31N3O5S2/c1-22(2,3)32-31-15-12-23-21(30)16(6-4-13-24-17(26)8-9-18(24)27)7-5-14-25-19(28)10-11-20(25)29/h8-11,16H,4-7,12-15H2,1-3H3,(H,23,30). The molecule has 0 atom stereocenters. The van der Waals surface area contributed by atoms with Crippen molar-refractivity contribution in [2.45, 2.75) is 51.2 Å². The summed E-state index contributed by atoms with van der Waals surface area (Å²) in [5, 5.41) is 2.97. The van der Waals surface area contributed by atoms with Crippen molar-refractivity contribution in [2.75, 3.05) is 25.4 Å². The molecular weight excluding hydrogens is 450 g/mol. The van der Waals surface area contributed by atoms with Gasteiger partial charge in [-0.2, -0.15) is 0 Å². The second kappa shape index (κ2) is 12.2. The zero-order chi connectivity index (χ0) is 23.7. The van der Waals surface area contributed by atoms with Gasteiger partial charge in [0, 0.05) is 60.4 Å². The van der Waals surface area contributed by atoms with Crippen molar-refractivity contribution < 1.29 is 24.0 Å². The van der Waals surface area contributed by atoms with Gasteiger partial charge in [-0.05, 0) is 25.7 Å². The molecular formula is C22H31N3O5S2. The molecule has 2 aliphatic heterocycles. The summed E-state index contributed by atoms with van der Waals surface area (Å²) in [6.45, 7) is 7.48.